The zero-order valence-electron chi connectivity index (χ0n) is 17.9. The first-order valence-corrected chi connectivity index (χ1v) is 12.0. The summed E-state index contributed by atoms with van der Waals surface area (Å²) in [6.07, 6.45) is 2.13. The largest absolute Gasteiger partial charge is 0.302 e. The van der Waals surface area contributed by atoms with Crippen molar-refractivity contribution in [1.82, 2.24) is 24.2 Å². The Hall–Kier alpha value is -3.06. The summed E-state index contributed by atoms with van der Waals surface area (Å²) in [5.74, 6) is 0. The van der Waals surface area contributed by atoms with Crippen LogP contribution in [-0.2, 0) is 13.1 Å². The van der Waals surface area contributed by atoms with Crippen LogP contribution in [0, 0.1) is 0 Å². The molecule has 6 heteroatoms. The van der Waals surface area contributed by atoms with Crippen LogP contribution in [0.4, 0.5) is 0 Å². The molecule has 0 aliphatic carbocycles. The number of pyridine rings is 1. The number of rotatable bonds is 5. The predicted molar refractivity (Wildman–Crippen MR) is 131 cm³/mol. The summed E-state index contributed by atoms with van der Waals surface area (Å²) in [6.45, 7) is 6.08. The summed E-state index contributed by atoms with van der Waals surface area (Å²) in [5.41, 5.74) is 5.67. The van der Waals surface area contributed by atoms with Gasteiger partial charge in [0.25, 0.3) is 0 Å². The zero-order chi connectivity index (χ0) is 21.3. The van der Waals surface area contributed by atoms with Crippen LogP contribution in [0.25, 0.3) is 27.1 Å². The molecule has 32 heavy (non-hydrogen) atoms. The summed E-state index contributed by atoms with van der Waals surface area (Å²) in [7, 11) is 0. The van der Waals surface area contributed by atoms with E-state index in [1.807, 2.05) is 11.3 Å². The van der Waals surface area contributed by atoms with Crippen molar-refractivity contribution in [3.05, 3.63) is 89.7 Å². The number of para-hydroxylation sites is 1. The van der Waals surface area contributed by atoms with E-state index >= 15 is 0 Å². The Labute approximate surface area is 191 Å². The van der Waals surface area contributed by atoms with E-state index in [4.69, 9.17) is 9.97 Å². The first kappa shape index (κ1) is 19.6. The quantitative estimate of drug-likeness (QED) is 0.389. The second kappa shape index (κ2) is 8.47. The lowest BCUT2D eigenvalue weighted by atomic mass is 10.1. The van der Waals surface area contributed by atoms with Gasteiger partial charge >= 0.3 is 0 Å². The molecular formula is C26H25N5S. The van der Waals surface area contributed by atoms with E-state index in [9.17, 15) is 0 Å². The Morgan fingerprint density at radius 3 is 2.25 bits per heavy atom. The molecular weight excluding hydrogens is 414 g/mol. The number of imidazole rings is 1. The Morgan fingerprint density at radius 1 is 0.719 bits per heavy atom. The molecule has 0 amide bonds. The fourth-order valence-electron chi connectivity index (χ4n) is 4.52. The SMILES string of the molecule is c1ccc(-c2nc3ccccn3c2CN2CCN(Cc3nc4ccccc4s3)CC2)cc1. The third-order valence-electron chi connectivity index (χ3n) is 6.21. The fourth-order valence-corrected chi connectivity index (χ4v) is 5.53. The monoisotopic (exact) mass is 439 g/mol. The van der Waals surface area contributed by atoms with Crippen LogP contribution in [0.1, 0.15) is 10.7 Å². The van der Waals surface area contributed by atoms with Gasteiger partial charge in [-0.05, 0) is 24.3 Å². The van der Waals surface area contributed by atoms with Crippen molar-refractivity contribution < 1.29 is 0 Å². The lowest BCUT2D eigenvalue weighted by Crippen LogP contribution is -2.45. The standard InChI is InChI=1S/C26H25N5S/c1-2-8-20(9-3-1)26-22(31-13-7-6-12-24(31)28-26)18-29-14-16-30(17-15-29)19-25-27-21-10-4-5-11-23(21)32-25/h1-13H,14-19H2. The molecule has 0 unspecified atom stereocenters. The molecule has 2 aromatic carbocycles. The van der Waals surface area contributed by atoms with Gasteiger partial charge in [-0.25, -0.2) is 9.97 Å². The second-order valence-electron chi connectivity index (χ2n) is 8.33. The van der Waals surface area contributed by atoms with Crippen molar-refractivity contribution in [3.63, 3.8) is 0 Å². The van der Waals surface area contributed by atoms with Crippen LogP contribution in [0.3, 0.4) is 0 Å². The molecule has 0 spiro atoms. The predicted octanol–water partition coefficient (Wildman–Crippen LogP) is 4.93. The van der Waals surface area contributed by atoms with Crippen LogP contribution in [0.5, 0.6) is 0 Å². The average Bonchev–Trinajstić information content (AvgIpc) is 3.42. The summed E-state index contributed by atoms with van der Waals surface area (Å²) in [5, 5.41) is 1.22. The summed E-state index contributed by atoms with van der Waals surface area (Å²) in [6, 6.07) is 25.2. The van der Waals surface area contributed by atoms with Gasteiger partial charge < -0.3 is 4.40 Å². The van der Waals surface area contributed by atoms with Gasteiger partial charge in [-0.15, -0.1) is 11.3 Å². The molecule has 4 heterocycles. The second-order valence-corrected chi connectivity index (χ2v) is 9.44. The maximum atomic E-state index is 4.96. The Kier molecular flexibility index (Phi) is 5.19. The van der Waals surface area contributed by atoms with Crippen molar-refractivity contribution >= 4 is 27.2 Å². The lowest BCUT2D eigenvalue weighted by molar-refractivity contribution is 0.121. The van der Waals surface area contributed by atoms with E-state index in [-0.39, 0.29) is 0 Å². The van der Waals surface area contributed by atoms with E-state index in [0.717, 1.165) is 56.1 Å². The molecule has 160 valence electrons. The molecule has 0 atom stereocenters. The highest BCUT2D eigenvalue weighted by Gasteiger charge is 2.22. The molecule has 0 bridgehead atoms. The molecule has 1 fully saturated rings. The Bertz CT molecular complexity index is 1320. The number of nitrogens with zero attached hydrogens (tertiary/aromatic N) is 5. The van der Waals surface area contributed by atoms with E-state index < -0.39 is 0 Å². The van der Waals surface area contributed by atoms with Gasteiger partial charge in [0.15, 0.2) is 0 Å². The van der Waals surface area contributed by atoms with Crippen molar-refractivity contribution in [1.29, 1.82) is 0 Å². The van der Waals surface area contributed by atoms with Crippen LogP contribution >= 0.6 is 11.3 Å². The molecule has 0 saturated carbocycles. The first-order valence-electron chi connectivity index (χ1n) is 11.1. The number of hydrogen-bond acceptors (Lipinski definition) is 5. The minimum atomic E-state index is 0.907. The van der Waals surface area contributed by atoms with Gasteiger partial charge in [-0.2, -0.15) is 0 Å². The number of benzene rings is 2. The van der Waals surface area contributed by atoms with E-state index in [1.54, 1.807) is 0 Å². The molecule has 5 nitrogen and oxygen atoms in total. The van der Waals surface area contributed by atoms with Gasteiger partial charge in [0.05, 0.1) is 28.1 Å². The highest BCUT2D eigenvalue weighted by Crippen LogP contribution is 2.27. The molecule has 6 rings (SSSR count). The fraction of sp³-hybridized carbons (Fsp3) is 0.231. The van der Waals surface area contributed by atoms with E-state index in [0.29, 0.717) is 0 Å². The van der Waals surface area contributed by atoms with Gasteiger partial charge in [0.2, 0.25) is 0 Å². The molecule has 3 aromatic heterocycles. The van der Waals surface area contributed by atoms with Crippen LogP contribution in [0.15, 0.2) is 79.0 Å². The number of aromatic nitrogens is 3. The van der Waals surface area contributed by atoms with Crippen LogP contribution < -0.4 is 0 Å². The minimum absolute atomic E-state index is 0.907. The molecule has 0 radical (unpaired) electrons. The maximum Gasteiger partial charge on any atom is 0.137 e. The minimum Gasteiger partial charge on any atom is -0.302 e. The van der Waals surface area contributed by atoms with Gasteiger partial charge in [0.1, 0.15) is 10.7 Å². The smallest absolute Gasteiger partial charge is 0.137 e. The van der Waals surface area contributed by atoms with Crippen molar-refractivity contribution in [2.75, 3.05) is 26.2 Å². The topological polar surface area (TPSA) is 36.7 Å². The van der Waals surface area contributed by atoms with E-state index in [2.05, 4.69) is 93.2 Å². The molecule has 1 aliphatic heterocycles. The summed E-state index contributed by atoms with van der Waals surface area (Å²) < 4.78 is 3.53. The first-order chi connectivity index (χ1) is 15.8. The lowest BCUT2D eigenvalue weighted by Gasteiger charge is -2.34. The normalized spacial score (nSPS) is 15.6. The number of hydrogen-bond donors (Lipinski definition) is 0. The highest BCUT2D eigenvalue weighted by atomic mass is 32.1. The van der Waals surface area contributed by atoms with Gasteiger partial charge in [-0.1, -0.05) is 48.5 Å². The molecule has 1 saturated heterocycles. The van der Waals surface area contributed by atoms with Gasteiger partial charge in [0, 0.05) is 44.5 Å². The number of fused-ring (bicyclic) bond motifs is 2. The zero-order valence-corrected chi connectivity index (χ0v) is 18.7. The van der Waals surface area contributed by atoms with Crippen LogP contribution in [0.2, 0.25) is 0 Å². The third kappa shape index (κ3) is 3.81. The average molecular weight is 440 g/mol. The van der Waals surface area contributed by atoms with E-state index in [1.165, 1.54) is 21.0 Å². The third-order valence-corrected chi connectivity index (χ3v) is 7.23. The van der Waals surface area contributed by atoms with Crippen molar-refractivity contribution in [2.24, 2.45) is 0 Å². The molecule has 0 N–H and O–H groups in total. The Morgan fingerprint density at radius 2 is 1.44 bits per heavy atom. The maximum absolute atomic E-state index is 4.96. The number of thiazole rings is 1. The highest BCUT2D eigenvalue weighted by molar-refractivity contribution is 7.18. The molecule has 1 aliphatic rings. The van der Waals surface area contributed by atoms with Crippen molar-refractivity contribution in [3.8, 4) is 11.3 Å². The number of piperazine rings is 1. The molecule has 5 aromatic rings. The summed E-state index contributed by atoms with van der Waals surface area (Å²) in [4.78, 5) is 14.9. The van der Waals surface area contributed by atoms with Gasteiger partial charge in [-0.3, -0.25) is 9.80 Å². The van der Waals surface area contributed by atoms with Crippen LogP contribution in [-0.4, -0.2) is 50.3 Å². The van der Waals surface area contributed by atoms with Crippen molar-refractivity contribution in [2.45, 2.75) is 13.1 Å². The summed E-state index contributed by atoms with van der Waals surface area (Å²) >= 11 is 1.82. The Balaban J connectivity index is 1.18.